The van der Waals surface area contributed by atoms with Gasteiger partial charge in [-0.2, -0.15) is 13.2 Å². The number of esters is 1. The van der Waals surface area contributed by atoms with E-state index in [0.717, 1.165) is 23.5 Å². The first-order chi connectivity index (χ1) is 15.6. The first-order valence-electron chi connectivity index (χ1n) is 10.6. The van der Waals surface area contributed by atoms with E-state index in [-0.39, 0.29) is 17.0 Å². The summed E-state index contributed by atoms with van der Waals surface area (Å²) in [5.74, 6) is -2.24. The predicted molar refractivity (Wildman–Crippen MR) is 116 cm³/mol. The number of rotatable bonds is 5. The molecule has 2 aliphatic rings. The Balaban J connectivity index is 1.57. The number of amides is 4. The van der Waals surface area contributed by atoms with Gasteiger partial charge < -0.3 is 15.4 Å². The van der Waals surface area contributed by atoms with Gasteiger partial charge in [0.25, 0.3) is 11.8 Å². The van der Waals surface area contributed by atoms with Gasteiger partial charge in [0.05, 0.1) is 10.6 Å². The van der Waals surface area contributed by atoms with Crippen LogP contribution in [0.3, 0.4) is 0 Å². The van der Waals surface area contributed by atoms with Crippen LogP contribution in [0.5, 0.6) is 0 Å². The summed E-state index contributed by atoms with van der Waals surface area (Å²) in [6.07, 6.45) is -2.93. The standard InChI is InChI=1S/C22H25ClF3N3O5/c1-12-7-20(2,3)11-21(8-12)18(32)29(19(33)28-21)9-17(31)34-10-16(30)27-13-4-5-15(23)14(6-13)22(24,25)26/h4-6,12H,7-11H2,1-3H3,(H,27,30)(H,28,33)/t12-,21-/m0/s1. The highest BCUT2D eigenvalue weighted by atomic mass is 35.5. The van der Waals surface area contributed by atoms with Gasteiger partial charge >= 0.3 is 18.2 Å². The molecular formula is C22H25ClF3N3O5. The first-order valence-corrected chi connectivity index (χ1v) is 11.0. The van der Waals surface area contributed by atoms with Gasteiger partial charge in [0, 0.05) is 5.69 Å². The maximum Gasteiger partial charge on any atom is 0.417 e. The van der Waals surface area contributed by atoms with Crippen molar-refractivity contribution in [1.82, 2.24) is 10.2 Å². The molecule has 2 N–H and O–H groups in total. The van der Waals surface area contributed by atoms with Crippen molar-refractivity contribution >= 4 is 41.1 Å². The second kappa shape index (κ2) is 9.09. The van der Waals surface area contributed by atoms with E-state index in [0.29, 0.717) is 18.9 Å². The number of benzene rings is 1. The maximum atomic E-state index is 13.0. The van der Waals surface area contributed by atoms with Crippen molar-refractivity contribution in [3.8, 4) is 0 Å². The summed E-state index contributed by atoms with van der Waals surface area (Å²) in [6, 6.07) is 2.09. The molecule has 1 aliphatic carbocycles. The van der Waals surface area contributed by atoms with Crippen LogP contribution in [-0.4, -0.2) is 47.4 Å². The van der Waals surface area contributed by atoms with Gasteiger partial charge in [-0.25, -0.2) is 4.79 Å². The van der Waals surface area contributed by atoms with E-state index in [1.165, 1.54) is 0 Å². The SMILES string of the molecule is C[C@H]1CC(C)(C)C[C@]2(C1)NC(=O)N(CC(=O)OCC(=O)Nc1ccc(Cl)c(C(F)(F)F)c1)C2=O. The molecule has 3 rings (SSSR count). The van der Waals surface area contributed by atoms with E-state index in [2.05, 4.69) is 10.6 Å². The number of ether oxygens (including phenoxy) is 1. The Bertz CT molecular complexity index is 1030. The van der Waals surface area contributed by atoms with Crippen LogP contribution in [0.1, 0.15) is 45.6 Å². The van der Waals surface area contributed by atoms with Crippen molar-refractivity contribution in [2.45, 2.75) is 51.7 Å². The molecule has 1 aliphatic heterocycles. The number of nitrogens with zero attached hydrogens (tertiary/aromatic N) is 1. The number of carbonyl (C=O) groups is 4. The molecule has 186 valence electrons. The fraction of sp³-hybridized carbons (Fsp3) is 0.545. The number of nitrogens with one attached hydrogen (secondary N) is 2. The van der Waals surface area contributed by atoms with Gasteiger partial charge in [-0.1, -0.05) is 32.4 Å². The lowest BCUT2D eigenvalue weighted by Crippen LogP contribution is -2.54. The predicted octanol–water partition coefficient (Wildman–Crippen LogP) is 3.98. The molecule has 2 atom stereocenters. The Morgan fingerprint density at radius 2 is 1.94 bits per heavy atom. The van der Waals surface area contributed by atoms with Crippen LogP contribution in [0.15, 0.2) is 18.2 Å². The lowest BCUT2D eigenvalue weighted by molar-refractivity contribution is -0.150. The summed E-state index contributed by atoms with van der Waals surface area (Å²) < 4.78 is 43.6. The van der Waals surface area contributed by atoms with Gasteiger partial charge in [-0.05, 0) is 48.8 Å². The highest BCUT2D eigenvalue weighted by molar-refractivity contribution is 6.31. The van der Waals surface area contributed by atoms with E-state index in [4.69, 9.17) is 16.3 Å². The molecule has 1 aromatic carbocycles. The van der Waals surface area contributed by atoms with Gasteiger partial charge in [0.2, 0.25) is 0 Å². The molecule has 1 saturated heterocycles. The van der Waals surface area contributed by atoms with Crippen molar-refractivity contribution in [3.05, 3.63) is 28.8 Å². The van der Waals surface area contributed by atoms with Gasteiger partial charge in [-0.15, -0.1) is 0 Å². The zero-order chi connectivity index (χ0) is 25.5. The summed E-state index contributed by atoms with van der Waals surface area (Å²) in [4.78, 5) is 50.5. The van der Waals surface area contributed by atoms with E-state index in [1.54, 1.807) is 0 Å². The average Bonchev–Trinajstić information content (AvgIpc) is 2.88. The van der Waals surface area contributed by atoms with Crippen molar-refractivity contribution < 1.29 is 37.1 Å². The summed E-state index contributed by atoms with van der Waals surface area (Å²) >= 11 is 5.54. The van der Waals surface area contributed by atoms with Crippen LogP contribution in [0.4, 0.5) is 23.7 Å². The lowest BCUT2D eigenvalue weighted by atomic mass is 9.64. The molecular weight excluding hydrogens is 479 g/mol. The minimum Gasteiger partial charge on any atom is -0.454 e. The Morgan fingerprint density at radius 1 is 1.26 bits per heavy atom. The molecule has 1 spiro atoms. The van der Waals surface area contributed by atoms with Gasteiger partial charge in [0.15, 0.2) is 6.61 Å². The van der Waals surface area contributed by atoms with Crippen LogP contribution < -0.4 is 10.6 Å². The van der Waals surface area contributed by atoms with Gasteiger partial charge in [-0.3, -0.25) is 19.3 Å². The monoisotopic (exact) mass is 503 g/mol. The minimum absolute atomic E-state index is 0.178. The number of anilines is 1. The molecule has 0 aromatic heterocycles. The van der Waals surface area contributed by atoms with E-state index in [9.17, 15) is 32.3 Å². The van der Waals surface area contributed by atoms with Crippen LogP contribution in [0, 0.1) is 11.3 Å². The number of alkyl halides is 3. The minimum atomic E-state index is -4.71. The summed E-state index contributed by atoms with van der Waals surface area (Å²) in [5.41, 5.74) is -2.58. The summed E-state index contributed by atoms with van der Waals surface area (Å²) in [7, 11) is 0. The summed E-state index contributed by atoms with van der Waals surface area (Å²) in [6.45, 7) is 4.51. The van der Waals surface area contributed by atoms with E-state index >= 15 is 0 Å². The molecule has 1 saturated carbocycles. The maximum absolute atomic E-state index is 13.0. The highest BCUT2D eigenvalue weighted by Gasteiger charge is 2.56. The largest absolute Gasteiger partial charge is 0.454 e. The molecule has 0 radical (unpaired) electrons. The second-order valence-corrected chi connectivity index (χ2v) is 10.1. The molecule has 4 amide bonds. The van der Waals surface area contributed by atoms with Crippen LogP contribution in [0.2, 0.25) is 5.02 Å². The molecule has 2 fully saturated rings. The third-order valence-corrected chi connectivity index (χ3v) is 6.16. The topological polar surface area (TPSA) is 105 Å². The summed E-state index contributed by atoms with van der Waals surface area (Å²) in [5, 5.41) is 4.37. The lowest BCUT2D eigenvalue weighted by Gasteiger charge is -2.43. The van der Waals surface area contributed by atoms with Crippen LogP contribution in [-0.2, 0) is 25.3 Å². The average molecular weight is 504 g/mol. The molecule has 12 heteroatoms. The molecule has 1 aromatic rings. The quantitative estimate of drug-likeness (QED) is 0.467. The Hall–Kier alpha value is -2.82. The van der Waals surface area contributed by atoms with Crippen LogP contribution in [0.25, 0.3) is 0 Å². The second-order valence-electron chi connectivity index (χ2n) is 9.66. The van der Waals surface area contributed by atoms with Gasteiger partial charge in [0.1, 0.15) is 12.1 Å². The zero-order valence-corrected chi connectivity index (χ0v) is 19.6. The van der Waals surface area contributed by atoms with Crippen molar-refractivity contribution in [2.24, 2.45) is 11.3 Å². The number of hydrogen-bond acceptors (Lipinski definition) is 5. The Labute approximate surface area is 199 Å². The smallest absolute Gasteiger partial charge is 0.417 e. The Morgan fingerprint density at radius 3 is 2.56 bits per heavy atom. The van der Waals surface area contributed by atoms with E-state index < -0.39 is 59.3 Å². The van der Waals surface area contributed by atoms with Crippen molar-refractivity contribution in [2.75, 3.05) is 18.5 Å². The van der Waals surface area contributed by atoms with Crippen molar-refractivity contribution in [1.29, 1.82) is 0 Å². The molecule has 8 nitrogen and oxygen atoms in total. The zero-order valence-electron chi connectivity index (χ0n) is 18.8. The third kappa shape index (κ3) is 5.63. The number of halogens is 4. The molecule has 34 heavy (non-hydrogen) atoms. The fourth-order valence-corrected chi connectivity index (χ4v) is 5.21. The number of carbonyl (C=O) groups excluding carboxylic acids is 4. The highest BCUT2D eigenvalue weighted by Crippen LogP contribution is 2.46. The number of imide groups is 1. The molecule has 0 bridgehead atoms. The third-order valence-electron chi connectivity index (χ3n) is 5.83. The number of hydrogen-bond donors (Lipinski definition) is 2. The van der Waals surface area contributed by atoms with Crippen molar-refractivity contribution in [3.63, 3.8) is 0 Å². The number of urea groups is 1. The normalized spacial score (nSPS) is 24.2. The fourth-order valence-electron chi connectivity index (χ4n) is 4.99. The van der Waals surface area contributed by atoms with Crippen LogP contribution >= 0.6 is 11.6 Å². The molecule has 0 unspecified atom stereocenters. The first kappa shape index (κ1) is 25.8. The van der Waals surface area contributed by atoms with E-state index in [1.807, 2.05) is 20.8 Å². The molecule has 1 heterocycles. The Kier molecular flexibility index (Phi) is 6.89.